The maximum atomic E-state index is 12.1. The lowest BCUT2D eigenvalue weighted by molar-refractivity contribution is -0.276. The van der Waals surface area contributed by atoms with Crippen molar-refractivity contribution in [3.8, 4) is 0 Å². The van der Waals surface area contributed by atoms with Crippen molar-refractivity contribution in [3.05, 3.63) is 67.3 Å². The van der Waals surface area contributed by atoms with Crippen molar-refractivity contribution < 1.29 is 29.0 Å². The quantitative estimate of drug-likeness (QED) is 0.442. The fourth-order valence-corrected chi connectivity index (χ4v) is 2.81. The maximum absolute atomic E-state index is 12.1. The van der Waals surface area contributed by atoms with Crippen LogP contribution in [0.3, 0.4) is 0 Å². The van der Waals surface area contributed by atoms with Crippen LogP contribution in [0.15, 0.2) is 56.2 Å². The van der Waals surface area contributed by atoms with Gasteiger partial charge in [0.2, 0.25) is 0 Å². The molecule has 0 aliphatic heterocycles. The fourth-order valence-electron chi connectivity index (χ4n) is 2.81. The van der Waals surface area contributed by atoms with E-state index in [0.717, 1.165) is 28.2 Å². The van der Waals surface area contributed by atoms with Crippen LogP contribution in [0.2, 0.25) is 0 Å². The number of benzene rings is 1. The average molecular weight is 400 g/mol. The SMILES string of the molecule is C=CC(=O)OCC(COC(=O)C=C)N(C(=O)[O-])C(C)(C)c1cccc(C(=C)C)c1. The molecule has 0 bridgehead atoms. The Morgan fingerprint density at radius 1 is 1.14 bits per heavy atom. The van der Waals surface area contributed by atoms with Crippen LogP contribution >= 0.6 is 0 Å². The van der Waals surface area contributed by atoms with Gasteiger partial charge < -0.3 is 24.3 Å². The topological polar surface area (TPSA) is 96.0 Å². The summed E-state index contributed by atoms with van der Waals surface area (Å²) in [5.74, 6) is -1.46. The van der Waals surface area contributed by atoms with Gasteiger partial charge in [-0.3, -0.25) is 0 Å². The molecule has 0 heterocycles. The molecule has 1 rings (SSSR count). The van der Waals surface area contributed by atoms with Crippen LogP contribution < -0.4 is 5.11 Å². The van der Waals surface area contributed by atoms with Crippen molar-refractivity contribution in [1.29, 1.82) is 0 Å². The fraction of sp³-hybridized carbons (Fsp3) is 0.318. The zero-order valence-electron chi connectivity index (χ0n) is 17.0. The van der Waals surface area contributed by atoms with E-state index in [4.69, 9.17) is 9.47 Å². The molecule has 0 radical (unpaired) electrons. The molecule has 0 fully saturated rings. The van der Waals surface area contributed by atoms with E-state index < -0.39 is 29.6 Å². The van der Waals surface area contributed by atoms with E-state index >= 15 is 0 Å². The van der Waals surface area contributed by atoms with Crippen molar-refractivity contribution in [1.82, 2.24) is 4.90 Å². The summed E-state index contributed by atoms with van der Waals surface area (Å²) in [6.45, 7) is 15.0. The van der Waals surface area contributed by atoms with Gasteiger partial charge in [-0.05, 0) is 38.0 Å². The summed E-state index contributed by atoms with van der Waals surface area (Å²) < 4.78 is 10.0. The molecule has 7 nitrogen and oxygen atoms in total. The summed E-state index contributed by atoms with van der Waals surface area (Å²) in [4.78, 5) is 36.1. The van der Waals surface area contributed by atoms with Crippen LogP contribution in [0, 0.1) is 0 Å². The van der Waals surface area contributed by atoms with Gasteiger partial charge in [-0.2, -0.15) is 0 Å². The van der Waals surface area contributed by atoms with Crippen LogP contribution in [0.4, 0.5) is 4.79 Å². The van der Waals surface area contributed by atoms with Gasteiger partial charge in [0.15, 0.2) is 0 Å². The maximum Gasteiger partial charge on any atom is 0.330 e. The summed E-state index contributed by atoms with van der Waals surface area (Å²) in [6.07, 6.45) is 0.403. The minimum atomic E-state index is -1.51. The highest BCUT2D eigenvalue weighted by Crippen LogP contribution is 2.31. The molecule has 0 aliphatic carbocycles. The average Bonchev–Trinajstić information content (AvgIpc) is 2.68. The molecular weight excluding hydrogens is 374 g/mol. The number of amides is 1. The molecular formula is C22H26NO6-. The number of carbonyl (C=O) groups is 3. The minimum Gasteiger partial charge on any atom is -0.530 e. The molecule has 0 atom stereocenters. The third-order valence-corrected chi connectivity index (χ3v) is 4.40. The highest BCUT2D eigenvalue weighted by atomic mass is 16.5. The summed E-state index contributed by atoms with van der Waals surface area (Å²) in [6, 6.07) is 6.22. The Morgan fingerprint density at radius 3 is 2.07 bits per heavy atom. The first-order valence-corrected chi connectivity index (χ1v) is 8.89. The van der Waals surface area contributed by atoms with Crippen LogP contribution in [0.25, 0.3) is 5.57 Å². The molecule has 1 aromatic rings. The molecule has 0 unspecified atom stereocenters. The Morgan fingerprint density at radius 2 is 1.66 bits per heavy atom. The number of esters is 2. The Kier molecular flexibility index (Phi) is 8.38. The highest BCUT2D eigenvalue weighted by Gasteiger charge is 2.36. The molecule has 1 aromatic carbocycles. The van der Waals surface area contributed by atoms with E-state index in [1.165, 1.54) is 0 Å². The van der Waals surface area contributed by atoms with Gasteiger partial charge in [0, 0.05) is 12.2 Å². The summed E-state index contributed by atoms with van der Waals surface area (Å²) in [5, 5.41) is 12.1. The number of nitrogens with zero attached hydrogens (tertiary/aromatic N) is 1. The first kappa shape index (κ1) is 23.7. The Balaban J connectivity index is 3.33. The molecule has 156 valence electrons. The molecule has 0 aromatic heterocycles. The number of carbonyl (C=O) groups excluding carboxylic acids is 3. The lowest BCUT2D eigenvalue weighted by atomic mass is 9.89. The molecule has 0 aliphatic rings. The van der Waals surface area contributed by atoms with E-state index in [-0.39, 0.29) is 13.2 Å². The number of carboxylic acid groups (broad SMARTS) is 1. The Hall–Kier alpha value is -3.35. The van der Waals surface area contributed by atoms with E-state index in [2.05, 4.69) is 19.7 Å². The molecule has 1 amide bonds. The number of hydrogen-bond acceptors (Lipinski definition) is 6. The predicted octanol–water partition coefficient (Wildman–Crippen LogP) is 2.43. The number of ether oxygens (including phenoxy) is 2. The van der Waals surface area contributed by atoms with Gasteiger partial charge in [0.05, 0.1) is 11.6 Å². The lowest BCUT2D eigenvalue weighted by Crippen LogP contribution is -2.59. The lowest BCUT2D eigenvalue weighted by Gasteiger charge is -2.45. The van der Waals surface area contributed by atoms with Crippen LogP contribution in [-0.4, -0.2) is 42.2 Å². The van der Waals surface area contributed by atoms with Crippen molar-refractivity contribution in [2.45, 2.75) is 32.4 Å². The normalized spacial score (nSPS) is 10.8. The van der Waals surface area contributed by atoms with E-state index in [0.29, 0.717) is 5.56 Å². The van der Waals surface area contributed by atoms with Gasteiger partial charge in [0.1, 0.15) is 19.3 Å². The number of rotatable bonds is 10. The first-order chi connectivity index (χ1) is 13.5. The zero-order valence-corrected chi connectivity index (χ0v) is 17.0. The van der Waals surface area contributed by atoms with Crippen molar-refractivity contribution >= 4 is 23.6 Å². The summed E-state index contributed by atoms with van der Waals surface area (Å²) in [7, 11) is 0. The van der Waals surface area contributed by atoms with E-state index in [1.807, 2.05) is 19.1 Å². The predicted molar refractivity (Wildman–Crippen MR) is 108 cm³/mol. The van der Waals surface area contributed by atoms with Crippen LogP contribution in [0.5, 0.6) is 0 Å². The van der Waals surface area contributed by atoms with E-state index in [1.54, 1.807) is 26.0 Å². The van der Waals surface area contributed by atoms with Gasteiger partial charge in [-0.1, -0.05) is 43.5 Å². The smallest absolute Gasteiger partial charge is 0.330 e. The zero-order chi connectivity index (χ0) is 22.2. The third-order valence-electron chi connectivity index (χ3n) is 4.40. The first-order valence-electron chi connectivity index (χ1n) is 8.89. The minimum absolute atomic E-state index is 0.354. The largest absolute Gasteiger partial charge is 0.530 e. The molecule has 29 heavy (non-hydrogen) atoms. The molecule has 0 saturated heterocycles. The Bertz CT molecular complexity index is 787. The Labute approximate surface area is 170 Å². The van der Waals surface area contributed by atoms with Crippen LogP contribution in [0.1, 0.15) is 31.9 Å². The van der Waals surface area contributed by atoms with Gasteiger partial charge in [-0.15, -0.1) is 0 Å². The molecule has 7 heteroatoms. The van der Waals surface area contributed by atoms with Gasteiger partial charge in [0.25, 0.3) is 0 Å². The summed E-state index contributed by atoms with van der Waals surface area (Å²) in [5.41, 5.74) is 1.23. The number of hydrogen-bond donors (Lipinski definition) is 0. The third kappa shape index (κ3) is 6.34. The molecule has 0 saturated carbocycles. The van der Waals surface area contributed by atoms with Gasteiger partial charge >= 0.3 is 11.9 Å². The monoisotopic (exact) mass is 400 g/mol. The second kappa shape index (κ2) is 10.3. The van der Waals surface area contributed by atoms with Crippen molar-refractivity contribution in [2.75, 3.05) is 13.2 Å². The van der Waals surface area contributed by atoms with Crippen molar-refractivity contribution in [3.63, 3.8) is 0 Å². The second-order valence-electron chi connectivity index (χ2n) is 6.88. The number of allylic oxidation sites excluding steroid dienone is 1. The molecule has 0 spiro atoms. The second-order valence-corrected chi connectivity index (χ2v) is 6.88. The van der Waals surface area contributed by atoms with E-state index in [9.17, 15) is 19.5 Å². The van der Waals surface area contributed by atoms with Crippen LogP contribution in [-0.2, 0) is 24.6 Å². The summed E-state index contributed by atoms with van der Waals surface area (Å²) >= 11 is 0. The van der Waals surface area contributed by atoms with Crippen molar-refractivity contribution in [2.24, 2.45) is 0 Å². The molecule has 0 N–H and O–H groups in total. The van der Waals surface area contributed by atoms with Gasteiger partial charge in [-0.25, -0.2) is 9.59 Å². The highest BCUT2D eigenvalue weighted by molar-refractivity contribution is 5.81. The standard InChI is InChI=1S/C22H27NO6/c1-7-19(24)28-13-18(14-29-20(25)8-2)23(21(26)27)22(5,6)17-11-9-10-16(12-17)15(3)4/h7-12,18H,1-3,13-14H2,4-6H3,(H,26,27)/p-1.